The normalized spacial score (nSPS) is 15.6. The van der Waals surface area contributed by atoms with Crippen LogP contribution in [-0.4, -0.2) is 43.1 Å². The molecule has 1 atom stereocenters. The van der Waals surface area contributed by atoms with Crippen molar-refractivity contribution in [1.82, 2.24) is 4.90 Å². The molecule has 154 valence electrons. The van der Waals surface area contributed by atoms with Crippen LogP contribution in [0.25, 0.3) is 0 Å². The van der Waals surface area contributed by atoms with Gasteiger partial charge in [0.1, 0.15) is 11.3 Å². The molecule has 0 N–H and O–H groups in total. The number of benzene rings is 2. The van der Waals surface area contributed by atoms with Gasteiger partial charge in [-0.3, -0.25) is 4.79 Å². The maximum absolute atomic E-state index is 12.8. The van der Waals surface area contributed by atoms with Gasteiger partial charge >= 0.3 is 5.97 Å². The van der Waals surface area contributed by atoms with Crippen molar-refractivity contribution >= 4 is 11.9 Å². The first-order valence-electron chi connectivity index (χ1n) is 10.2. The van der Waals surface area contributed by atoms with Crippen LogP contribution in [0.15, 0.2) is 48.5 Å². The van der Waals surface area contributed by atoms with Crippen LogP contribution in [0.4, 0.5) is 0 Å². The van der Waals surface area contributed by atoms with Crippen LogP contribution in [0.3, 0.4) is 0 Å². The summed E-state index contributed by atoms with van der Waals surface area (Å²) in [4.78, 5) is 27.1. The fourth-order valence-corrected chi connectivity index (χ4v) is 3.82. The predicted octanol–water partition coefficient (Wildman–Crippen LogP) is 4.03. The van der Waals surface area contributed by atoms with Gasteiger partial charge in [-0.15, -0.1) is 0 Å². The first-order chi connectivity index (χ1) is 14.0. The number of aryl methyl sites for hydroxylation is 1. The number of likely N-dealkylation sites (tertiary alicyclic amines) is 1. The molecule has 1 fully saturated rings. The van der Waals surface area contributed by atoms with E-state index in [-0.39, 0.29) is 5.91 Å². The Morgan fingerprint density at radius 1 is 1.10 bits per heavy atom. The van der Waals surface area contributed by atoms with Crippen molar-refractivity contribution in [2.45, 2.75) is 39.2 Å². The number of esters is 1. The van der Waals surface area contributed by atoms with E-state index in [0.29, 0.717) is 30.3 Å². The molecule has 0 radical (unpaired) electrons. The minimum atomic E-state index is -0.821. The van der Waals surface area contributed by atoms with E-state index < -0.39 is 12.1 Å². The van der Waals surface area contributed by atoms with Gasteiger partial charge in [-0.25, -0.2) is 4.79 Å². The predicted molar refractivity (Wildman–Crippen MR) is 112 cm³/mol. The summed E-state index contributed by atoms with van der Waals surface area (Å²) in [6, 6.07) is 15.8. The van der Waals surface area contributed by atoms with Crippen molar-refractivity contribution in [2.24, 2.45) is 5.92 Å². The summed E-state index contributed by atoms with van der Waals surface area (Å²) in [5.41, 5.74) is 2.61. The zero-order valence-electron chi connectivity index (χ0n) is 17.4. The average molecular weight is 395 g/mol. The molecule has 2 aromatic carbocycles. The molecule has 2 aromatic rings. The zero-order chi connectivity index (χ0) is 20.8. The number of carbonyl (C=O) groups excluding carboxylic acids is 2. The highest BCUT2D eigenvalue weighted by Gasteiger charge is 2.29. The van der Waals surface area contributed by atoms with Gasteiger partial charge in [0.05, 0.1) is 7.11 Å². The third kappa shape index (κ3) is 5.37. The average Bonchev–Trinajstić information content (AvgIpc) is 2.74. The van der Waals surface area contributed by atoms with Gasteiger partial charge in [0.2, 0.25) is 0 Å². The number of hydrogen-bond donors (Lipinski definition) is 0. The van der Waals surface area contributed by atoms with Gasteiger partial charge in [-0.2, -0.15) is 0 Å². The van der Waals surface area contributed by atoms with Gasteiger partial charge < -0.3 is 14.4 Å². The lowest BCUT2D eigenvalue weighted by molar-refractivity contribution is -0.141. The van der Waals surface area contributed by atoms with E-state index in [4.69, 9.17) is 9.47 Å². The van der Waals surface area contributed by atoms with Crippen LogP contribution in [0.2, 0.25) is 0 Å². The molecule has 3 rings (SSSR count). The second-order valence-corrected chi connectivity index (χ2v) is 7.71. The highest BCUT2D eigenvalue weighted by molar-refractivity contribution is 5.94. The van der Waals surface area contributed by atoms with E-state index in [0.717, 1.165) is 24.8 Å². The number of rotatable bonds is 6. The molecule has 1 heterocycles. The summed E-state index contributed by atoms with van der Waals surface area (Å²) in [7, 11) is 1.51. The Balaban J connectivity index is 1.53. The van der Waals surface area contributed by atoms with Gasteiger partial charge in [0.25, 0.3) is 5.91 Å². The summed E-state index contributed by atoms with van der Waals surface area (Å²) in [6.07, 6.45) is 2.15. The van der Waals surface area contributed by atoms with Crippen molar-refractivity contribution in [1.29, 1.82) is 0 Å². The molecule has 1 aliphatic heterocycles. The van der Waals surface area contributed by atoms with Crippen LogP contribution in [-0.2, 0) is 16.0 Å². The van der Waals surface area contributed by atoms with E-state index in [1.54, 1.807) is 19.1 Å². The molecule has 1 saturated heterocycles. The third-order valence-corrected chi connectivity index (χ3v) is 5.50. The van der Waals surface area contributed by atoms with E-state index >= 15 is 0 Å². The molecule has 0 aliphatic carbocycles. The molecule has 1 aliphatic rings. The van der Waals surface area contributed by atoms with Gasteiger partial charge in [0.15, 0.2) is 6.10 Å². The minimum absolute atomic E-state index is 0.136. The second kappa shape index (κ2) is 9.59. The summed E-state index contributed by atoms with van der Waals surface area (Å²) in [5, 5.41) is 0. The molecule has 1 amide bonds. The van der Waals surface area contributed by atoms with Crippen LogP contribution in [0.5, 0.6) is 5.75 Å². The summed E-state index contributed by atoms with van der Waals surface area (Å²) in [5.74, 6) is 0.353. The Morgan fingerprint density at radius 3 is 2.45 bits per heavy atom. The Morgan fingerprint density at radius 2 is 1.79 bits per heavy atom. The molecule has 0 aromatic heterocycles. The fraction of sp³-hybridized carbons (Fsp3) is 0.417. The van der Waals surface area contributed by atoms with E-state index in [1.165, 1.54) is 12.7 Å². The first-order valence-corrected chi connectivity index (χ1v) is 10.2. The molecule has 0 bridgehead atoms. The molecule has 0 spiro atoms. The zero-order valence-corrected chi connectivity index (χ0v) is 17.4. The Labute approximate surface area is 172 Å². The van der Waals surface area contributed by atoms with Gasteiger partial charge in [-0.05, 0) is 56.7 Å². The molecule has 5 nitrogen and oxygen atoms in total. The third-order valence-electron chi connectivity index (χ3n) is 5.50. The lowest BCUT2D eigenvalue weighted by Crippen LogP contribution is -2.44. The lowest BCUT2D eigenvalue weighted by Gasteiger charge is -2.33. The SMILES string of the molecule is COc1ccc(C)cc1C(=O)O[C@H](C)C(=O)N1CCC(Cc2ccccc2)CC1. The summed E-state index contributed by atoms with van der Waals surface area (Å²) >= 11 is 0. The van der Waals surface area contributed by atoms with Gasteiger partial charge in [0, 0.05) is 13.1 Å². The van der Waals surface area contributed by atoms with E-state index in [1.807, 2.05) is 24.0 Å². The van der Waals surface area contributed by atoms with Crippen molar-refractivity contribution < 1.29 is 19.1 Å². The monoisotopic (exact) mass is 395 g/mol. The minimum Gasteiger partial charge on any atom is -0.496 e. The molecule has 0 saturated carbocycles. The van der Waals surface area contributed by atoms with E-state index in [9.17, 15) is 9.59 Å². The second-order valence-electron chi connectivity index (χ2n) is 7.71. The Kier molecular flexibility index (Phi) is 6.91. The maximum atomic E-state index is 12.8. The van der Waals surface area contributed by atoms with Crippen molar-refractivity contribution in [3.05, 3.63) is 65.2 Å². The number of amides is 1. The van der Waals surface area contributed by atoms with Crippen LogP contribution >= 0.6 is 0 Å². The smallest absolute Gasteiger partial charge is 0.342 e. The number of hydrogen-bond acceptors (Lipinski definition) is 4. The van der Waals surface area contributed by atoms with Crippen LogP contribution in [0, 0.1) is 12.8 Å². The summed E-state index contributed by atoms with van der Waals surface area (Å²) < 4.78 is 10.7. The standard InChI is InChI=1S/C24H29NO4/c1-17-9-10-22(28-3)21(15-17)24(27)29-18(2)23(26)25-13-11-20(12-14-25)16-19-7-5-4-6-8-19/h4-10,15,18,20H,11-14,16H2,1-3H3/t18-/m1/s1. The number of carbonyl (C=O) groups is 2. The van der Waals surface area contributed by atoms with Crippen LogP contribution < -0.4 is 4.74 Å². The lowest BCUT2D eigenvalue weighted by atomic mass is 9.90. The number of methoxy groups -OCH3 is 1. The Bertz CT molecular complexity index is 841. The molecule has 5 heteroatoms. The number of piperidine rings is 1. The topological polar surface area (TPSA) is 55.8 Å². The molecule has 29 heavy (non-hydrogen) atoms. The van der Waals surface area contributed by atoms with Crippen LogP contribution in [0.1, 0.15) is 41.3 Å². The molecular weight excluding hydrogens is 366 g/mol. The first kappa shape index (κ1) is 20.9. The Hall–Kier alpha value is -2.82. The molecular formula is C24H29NO4. The number of ether oxygens (including phenoxy) is 2. The summed E-state index contributed by atoms with van der Waals surface area (Å²) in [6.45, 7) is 4.93. The maximum Gasteiger partial charge on any atom is 0.342 e. The van der Waals surface area contributed by atoms with Crippen molar-refractivity contribution in [3.63, 3.8) is 0 Å². The largest absolute Gasteiger partial charge is 0.496 e. The highest BCUT2D eigenvalue weighted by Crippen LogP contribution is 2.24. The number of nitrogens with zero attached hydrogens (tertiary/aromatic N) is 1. The quantitative estimate of drug-likeness (QED) is 0.693. The molecule has 0 unspecified atom stereocenters. The van der Waals surface area contributed by atoms with Crippen molar-refractivity contribution in [3.8, 4) is 5.75 Å². The van der Waals surface area contributed by atoms with Gasteiger partial charge in [-0.1, -0.05) is 42.0 Å². The fourth-order valence-electron chi connectivity index (χ4n) is 3.82. The highest BCUT2D eigenvalue weighted by atomic mass is 16.5. The van der Waals surface area contributed by atoms with Crippen molar-refractivity contribution in [2.75, 3.05) is 20.2 Å². The van der Waals surface area contributed by atoms with E-state index in [2.05, 4.69) is 24.3 Å².